The third-order valence-electron chi connectivity index (χ3n) is 17.0. The highest BCUT2D eigenvalue weighted by atomic mass is 35.5. The Kier molecular flexibility index (Phi) is 28.7. The summed E-state index contributed by atoms with van der Waals surface area (Å²) in [6.45, 7) is 10.1. The lowest BCUT2D eigenvalue weighted by atomic mass is 9.96. The van der Waals surface area contributed by atoms with Crippen molar-refractivity contribution in [3.05, 3.63) is 106 Å². The molecule has 1 aliphatic rings. The summed E-state index contributed by atoms with van der Waals surface area (Å²) in [5.74, 6) is -8.84. The topological polar surface area (TPSA) is 250 Å². The predicted octanol–water partition coefficient (Wildman–Crippen LogP) is 4.54. The minimum atomic E-state index is -4.64. The maximum absolute atomic E-state index is 15.3. The van der Waals surface area contributed by atoms with Crippen LogP contribution in [0, 0.1) is 17.8 Å². The number of aryl methyl sites for hydroxylation is 1. The quantitative estimate of drug-likeness (QED) is 0.227. The number of nitrogens with one attached hydrogen (secondary N) is 3. The number of benzene rings is 3. The van der Waals surface area contributed by atoms with Crippen LogP contribution in [0.3, 0.4) is 0 Å². The number of carbonyl (C=O) groups is 11. The van der Waals surface area contributed by atoms with E-state index >= 15 is 14.4 Å². The maximum Gasteiger partial charge on any atom is 0.416 e. The summed E-state index contributed by atoms with van der Waals surface area (Å²) in [6.07, 6.45) is -4.86. The summed E-state index contributed by atoms with van der Waals surface area (Å²) in [7, 11) is 10.9. The van der Waals surface area contributed by atoms with E-state index in [2.05, 4.69) is 16.0 Å². The fraction of sp³-hybridized carbons (Fsp3) is 0.561. The van der Waals surface area contributed by atoms with E-state index in [0.717, 1.165) is 36.6 Å². The van der Waals surface area contributed by atoms with E-state index in [9.17, 15) is 51.5 Å². The predicted molar refractivity (Wildman–Crippen MR) is 342 cm³/mol. The van der Waals surface area contributed by atoms with E-state index in [1.807, 2.05) is 13.8 Å². The summed E-state index contributed by atoms with van der Waals surface area (Å²) in [6, 6.07) is 10.8. The van der Waals surface area contributed by atoms with Crippen LogP contribution < -0.4 is 16.0 Å². The van der Waals surface area contributed by atoms with Gasteiger partial charge in [-0.2, -0.15) is 13.2 Å². The van der Waals surface area contributed by atoms with Crippen molar-refractivity contribution in [2.75, 3.05) is 82.6 Å². The summed E-state index contributed by atoms with van der Waals surface area (Å²) in [5, 5.41) is 8.61. The molecule has 0 spiro atoms. The Hall–Kier alpha value is -8.09. The molecule has 506 valence electrons. The van der Waals surface area contributed by atoms with E-state index < -0.39 is 150 Å². The molecule has 1 heterocycles. The van der Waals surface area contributed by atoms with Gasteiger partial charge in [0.1, 0.15) is 42.3 Å². The normalized spacial score (nSPS) is 22.9. The molecule has 0 saturated carbocycles. The highest BCUT2D eigenvalue weighted by molar-refractivity contribution is 6.30. The Morgan fingerprint density at radius 2 is 1.07 bits per heavy atom. The average Bonchev–Trinajstić information content (AvgIpc) is 0.969. The average molecular weight is 1310 g/mol. The molecular formula is C66H93ClF3N11O11. The monoisotopic (exact) mass is 1310 g/mol. The van der Waals surface area contributed by atoms with Crippen LogP contribution in [0.15, 0.2) is 78.9 Å². The zero-order valence-electron chi connectivity index (χ0n) is 55.6. The lowest BCUT2D eigenvalue weighted by Crippen LogP contribution is -2.60. The van der Waals surface area contributed by atoms with E-state index in [-0.39, 0.29) is 51.0 Å². The first-order valence-corrected chi connectivity index (χ1v) is 31.3. The largest absolute Gasteiger partial charge is 0.416 e. The summed E-state index contributed by atoms with van der Waals surface area (Å²) in [5.41, 5.74) is 0.677. The van der Waals surface area contributed by atoms with Crippen LogP contribution in [0.4, 0.5) is 13.2 Å². The Bertz CT molecular complexity index is 3070. The molecular weight excluding hydrogens is 1220 g/mol. The number of amides is 11. The van der Waals surface area contributed by atoms with Gasteiger partial charge in [0.05, 0.1) is 25.2 Å². The third-order valence-corrected chi connectivity index (χ3v) is 17.3. The zero-order chi connectivity index (χ0) is 69.2. The molecule has 0 aliphatic carbocycles. The van der Waals surface area contributed by atoms with Crippen molar-refractivity contribution in [3.8, 4) is 0 Å². The first-order valence-electron chi connectivity index (χ1n) is 30.9. The smallest absolute Gasteiger partial charge is 0.354 e. The van der Waals surface area contributed by atoms with Gasteiger partial charge in [-0.3, -0.25) is 52.7 Å². The third kappa shape index (κ3) is 21.2. The zero-order valence-corrected chi connectivity index (χ0v) is 56.4. The number of halogens is 4. The van der Waals surface area contributed by atoms with Gasteiger partial charge in [-0.15, -0.1) is 0 Å². The van der Waals surface area contributed by atoms with Gasteiger partial charge in [0, 0.05) is 87.2 Å². The van der Waals surface area contributed by atoms with Crippen LogP contribution >= 0.6 is 11.6 Å². The summed E-state index contributed by atoms with van der Waals surface area (Å²) < 4.78 is 41.0. The Morgan fingerprint density at radius 3 is 1.62 bits per heavy atom. The molecule has 0 unspecified atom stereocenters. The van der Waals surface area contributed by atoms with Crippen molar-refractivity contribution in [2.45, 2.75) is 142 Å². The van der Waals surface area contributed by atoms with Crippen LogP contribution in [0.5, 0.6) is 0 Å². The van der Waals surface area contributed by atoms with Gasteiger partial charge >= 0.3 is 6.18 Å². The first kappa shape index (κ1) is 76.4. The Labute approximate surface area is 543 Å². The SMILES string of the molecule is CC[C@H](C)[C@@H]1NC(=O)[C@H](C)N(C)C(=O)CCNC(=O)[C@H](C(C)C)N(C)C(=O)[C@H](Cc2ccccc2)N(C)C(=O)[C@H](CC(C)C)N(C)C(=O)[C@H](CCc2ccc(C(F)(F)F)cc2)NC(=O)CN(C)C(=O)[C@H](Cc2ccc(Cl)cc2)N(C)C(=O)CN(C)C(=O)CN(C)C1=O. The van der Waals surface area contributed by atoms with Crippen molar-refractivity contribution in [3.63, 3.8) is 0 Å². The number of rotatable bonds is 12. The van der Waals surface area contributed by atoms with Crippen LogP contribution in [0.25, 0.3) is 0 Å². The number of hydrogen-bond donors (Lipinski definition) is 3. The molecule has 4 rings (SSSR count). The van der Waals surface area contributed by atoms with Crippen molar-refractivity contribution in [1.82, 2.24) is 55.1 Å². The lowest BCUT2D eigenvalue weighted by molar-refractivity contribution is -0.153. The molecule has 11 amide bonds. The van der Waals surface area contributed by atoms with Gasteiger partial charge in [-0.25, -0.2) is 0 Å². The van der Waals surface area contributed by atoms with Crippen molar-refractivity contribution < 1.29 is 65.9 Å². The van der Waals surface area contributed by atoms with Gasteiger partial charge < -0.3 is 55.1 Å². The molecule has 0 aromatic heterocycles. The Morgan fingerprint density at radius 1 is 0.543 bits per heavy atom. The van der Waals surface area contributed by atoms with Crippen LogP contribution in [0.2, 0.25) is 5.02 Å². The van der Waals surface area contributed by atoms with Crippen molar-refractivity contribution in [1.29, 1.82) is 0 Å². The Balaban J connectivity index is 1.86. The van der Waals surface area contributed by atoms with E-state index in [1.54, 1.807) is 82.3 Å². The second-order valence-electron chi connectivity index (χ2n) is 24.8. The minimum absolute atomic E-state index is 0.0409. The van der Waals surface area contributed by atoms with Crippen molar-refractivity contribution >= 4 is 76.6 Å². The van der Waals surface area contributed by atoms with E-state index in [0.29, 0.717) is 28.1 Å². The lowest BCUT2D eigenvalue weighted by Gasteiger charge is -2.39. The molecule has 1 fully saturated rings. The fourth-order valence-corrected chi connectivity index (χ4v) is 10.9. The van der Waals surface area contributed by atoms with Crippen LogP contribution in [0.1, 0.15) is 96.4 Å². The molecule has 3 aromatic rings. The highest BCUT2D eigenvalue weighted by Crippen LogP contribution is 2.30. The first-order chi connectivity index (χ1) is 43.0. The second-order valence-corrected chi connectivity index (χ2v) is 25.3. The number of hydrogen-bond acceptors (Lipinski definition) is 11. The maximum atomic E-state index is 15.3. The van der Waals surface area contributed by atoms with Gasteiger partial charge in [0.25, 0.3) is 0 Å². The summed E-state index contributed by atoms with van der Waals surface area (Å²) >= 11 is 6.21. The van der Waals surface area contributed by atoms with Crippen LogP contribution in [-0.4, -0.2) is 229 Å². The minimum Gasteiger partial charge on any atom is -0.354 e. The molecule has 26 heteroatoms. The molecule has 8 atom stereocenters. The molecule has 3 N–H and O–H groups in total. The van der Waals surface area contributed by atoms with Gasteiger partial charge in [0.2, 0.25) is 65.0 Å². The fourth-order valence-electron chi connectivity index (χ4n) is 10.8. The molecule has 1 saturated heterocycles. The molecule has 1 aliphatic heterocycles. The number of carbonyl (C=O) groups excluding carboxylic acids is 11. The van der Waals surface area contributed by atoms with Gasteiger partial charge in [0.15, 0.2) is 0 Å². The van der Waals surface area contributed by atoms with Crippen molar-refractivity contribution in [2.24, 2.45) is 17.8 Å². The number of alkyl halides is 3. The van der Waals surface area contributed by atoms with Gasteiger partial charge in [-0.1, -0.05) is 114 Å². The van der Waals surface area contributed by atoms with Gasteiger partial charge in [-0.05, 0) is 84.9 Å². The van der Waals surface area contributed by atoms with E-state index in [1.165, 1.54) is 90.1 Å². The summed E-state index contributed by atoms with van der Waals surface area (Å²) in [4.78, 5) is 168. The molecule has 0 bridgehead atoms. The molecule has 92 heavy (non-hydrogen) atoms. The number of likely N-dealkylation sites (N-methyl/N-ethyl adjacent to an activating group) is 8. The second kappa shape index (κ2) is 34.5. The molecule has 22 nitrogen and oxygen atoms in total. The molecule has 3 aromatic carbocycles. The number of nitrogens with zero attached hydrogens (tertiary/aromatic N) is 8. The molecule has 0 radical (unpaired) electrons. The standard InChI is InChI=1S/C66H93ClF3N11O11/c1-16-42(6)57-65(92)76(10)38-55(84)74(8)39-56(85)78(12)51(36-46-24-29-48(67)30-25-46)62(89)75(9)37-53(82)72-49(31-26-44-22-27-47(28-23-44)66(68,69)70)61(88)79(13)50(34-40(2)3)63(90)80(14)52(35-45-20-18-17-19-21-45)64(91)81(15)58(41(4)5)60(87)71-33-32-54(83)77(11)43(7)59(86)73-57/h17-25,27-30,40-43,49-52,57-58H,16,26,31-39H2,1-15H3,(H,71,87)(H,72,82)(H,73,86)/t42-,43-,49-,50-,51-,52-,57-,58-/m0/s1. The van der Waals surface area contributed by atoms with E-state index in [4.69, 9.17) is 11.6 Å². The van der Waals surface area contributed by atoms with Crippen LogP contribution in [-0.2, 0) is 78.2 Å². The highest BCUT2D eigenvalue weighted by Gasteiger charge is 2.42.